The lowest BCUT2D eigenvalue weighted by atomic mass is 10.1. The number of nitrogens with one attached hydrogen (secondary N) is 2. The summed E-state index contributed by atoms with van der Waals surface area (Å²) in [5.74, 6) is 0. The maximum Gasteiger partial charge on any atom is 0.166 e. The quantitative estimate of drug-likeness (QED) is 0.551. The Bertz CT molecular complexity index is 202. The van der Waals surface area contributed by atoms with Crippen LogP contribution in [0.2, 0.25) is 0 Å². The van der Waals surface area contributed by atoms with E-state index in [1.807, 2.05) is 0 Å². The Labute approximate surface area is 96.7 Å². The number of ether oxygens (including phenoxy) is 2. The van der Waals surface area contributed by atoms with Gasteiger partial charge in [0.15, 0.2) is 5.11 Å². The molecule has 2 unspecified atom stereocenters. The van der Waals surface area contributed by atoms with Gasteiger partial charge in [0.25, 0.3) is 0 Å². The van der Waals surface area contributed by atoms with E-state index in [1.165, 1.54) is 0 Å². The van der Waals surface area contributed by atoms with Crippen molar-refractivity contribution in [2.45, 2.75) is 31.9 Å². The highest BCUT2D eigenvalue weighted by atomic mass is 32.1. The molecule has 1 rings (SSSR count). The van der Waals surface area contributed by atoms with Crippen LogP contribution in [0, 0.1) is 0 Å². The van der Waals surface area contributed by atoms with E-state index in [0.717, 1.165) is 26.0 Å². The molecule has 0 aromatic carbocycles. The molecule has 0 aromatic rings. The van der Waals surface area contributed by atoms with Gasteiger partial charge in [-0.3, -0.25) is 0 Å². The van der Waals surface area contributed by atoms with Crippen LogP contribution in [0.15, 0.2) is 0 Å². The third kappa shape index (κ3) is 5.30. The van der Waals surface area contributed by atoms with Crippen LogP contribution >= 0.6 is 12.2 Å². The largest absolute Gasteiger partial charge is 0.383 e. The van der Waals surface area contributed by atoms with Crippen molar-refractivity contribution < 1.29 is 9.47 Å². The Kier molecular flexibility index (Phi) is 5.90. The summed E-state index contributed by atoms with van der Waals surface area (Å²) in [6.07, 6.45) is 2.38. The van der Waals surface area contributed by atoms with Crippen molar-refractivity contribution in [2.24, 2.45) is 0 Å². The Morgan fingerprint density at radius 3 is 3.07 bits per heavy atom. The van der Waals surface area contributed by atoms with Crippen LogP contribution in [-0.4, -0.2) is 44.1 Å². The van der Waals surface area contributed by atoms with Crippen LogP contribution in [0.25, 0.3) is 0 Å². The zero-order chi connectivity index (χ0) is 11.1. The monoisotopic (exact) mass is 232 g/mol. The molecular weight excluding hydrogens is 212 g/mol. The lowest BCUT2D eigenvalue weighted by molar-refractivity contribution is 0.0166. The van der Waals surface area contributed by atoms with Crippen LogP contribution < -0.4 is 10.6 Å². The van der Waals surface area contributed by atoms with Crippen molar-refractivity contribution >= 4 is 17.3 Å². The van der Waals surface area contributed by atoms with E-state index in [0.29, 0.717) is 23.9 Å². The first-order valence-electron chi connectivity index (χ1n) is 5.37. The molecule has 0 saturated carbocycles. The second-order valence-corrected chi connectivity index (χ2v) is 4.20. The van der Waals surface area contributed by atoms with Gasteiger partial charge in [-0.1, -0.05) is 0 Å². The first-order valence-corrected chi connectivity index (χ1v) is 5.78. The van der Waals surface area contributed by atoms with Gasteiger partial charge >= 0.3 is 0 Å². The van der Waals surface area contributed by atoms with E-state index >= 15 is 0 Å². The standard InChI is InChI=1S/C10H20N2O2S/c1-8-7-9(3-5-14-8)12-10(15)11-4-6-13-2/h8-9H,3-7H2,1-2H3,(H2,11,12,15). The highest BCUT2D eigenvalue weighted by Gasteiger charge is 2.19. The molecule has 0 spiro atoms. The highest BCUT2D eigenvalue weighted by molar-refractivity contribution is 7.80. The minimum Gasteiger partial charge on any atom is -0.383 e. The summed E-state index contributed by atoms with van der Waals surface area (Å²) >= 11 is 5.17. The Morgan fingerprint density at radius 2 is 2.40 bits per heavy atom. The lowest BCUT2D eigenvalue weighted by Crippen LogP contribution is -2.46. The zero-order valence-electron chi connectivity index (χ0n) is 9.41. The molecule has 2 atom stereocenters. The van der Waals surface area contributed by atoms with E-state index in [4.69, 9.17) is 21.7 Å². The van der Waals surface area contributed by atoms with Crippen LogP contribution in [0.5, 0.6) is 0 Å². The van der Waals surface area contributed by atoms with E-state index < -0.39 is 0 Å². The molecule has 0 bridgehead atoms. The molecule has 0 aliphatic carbocycles. The molecule has 2 N–H and O–H groups in total. The van der Waals surface area contributed by atoms with Gasteiger partial charge in [0.1, 0.15) is 0 Å². The Hall–Kier alpha value is -0.390. The van der Waals surface area contributed by atoms with Crippen LogP contribution in [0.4, 0.5) is 0 Å². The highest BCUT2D eigenvalue weighted by Crippen LogP contribution is 2.12. The molecule has 5 heteroatoms. The second-order valence-electron chi connectivity index (χ2n) is 3.80. The predicted octanol–water partition coefficient (Wildman–Crippen LogP) is 0.664. The molecule has 15 heavy (non-hydrogen) atoms. The first kappa shape index (κ1) is 12.7. The normalized spacial score (nSPS) is 26.0. The summed E-state index contributed by atoms with van der Waals surface area (Å²) in [6, 6.07) is 0.441. The SMILES string of the molecule is COCCNC(=S)NC1CCOC(C)C1. The molecule has 1 aliphatic rings. The zero-order valence-corrected chi connectivity index (χ0v) is 10.2. The van der Waals surface area contributed by atoms with E-state index in [9.17, 15) is 0 Å². The smallest absolute Gasteiger partial charge is 0.166 e. The molecule has 0 amide bonds. The minimum absolute atomic E-state index is 0.332. The molecule has 1 heterocycles. The van der Waals surface area contributed by atoms with Gasteiger partial charge in [-0.05, 0) is 32.0 Å². The van der Waals surface area contributed by atoms with Crippen molar-refractivity contribution in [2.75, 3.05) is 26.9 Å². The molecular formula is C10H20N2O2S. The molecule has 0 radical (unpaired) electrons. The van der Waals surface area contributed by atoms with Gasteiger partial charge in [-0.15, -0.1) is 0 Å². The van der Waals surface area contributed by atoms with E-state index in [-0.39, 0.29) is 0 Å². The van der Waals surface area contributed by atoms with Crippen molar-refractivity contribution in [3.63, 3.8) is 0 Å². The van der Waals surface area contributed by atoms with Crippen molar-refractivity contribution in [1.82, 2.24) is 10.6 Å². The average Bonchev–Trinajstić information content (AvgIpc) is 2.18. The number of thiocarbonyl (C=S) groups is 1. The fourth-order valence-corrected chi connectivity index (χ4v) is 1.90. The lowest BCUT2D eigenvalue weighted by Gasteiger charge is -2.28. The van der Waals surface area contributed by atoms with Crippen LogP contribution in [0.3, 0.4) is 0 Å². The fraction of sp³-hybridized carbons (Fsp3) is 0.900. The molecule has 0 aromatic heterocycles. The van der Waals surface area contributed by atoms with Gasteiger partial charge in [-0.25, -0.2) is 0 Å². The molecule has 4 nitrogen and oxygen atoms in total. The summed E-state index contributed by atoms with van der Waals surface area (Å²) < 4.78 is 10.4. The maximum atomic E-state index is 5.46. The van der Waals surface area contributed by atoms with Crippen molar-refractivity contribution in [3.05, 3.63) is 0 Å². The third-order valence-corrected chi connectivity index (χ3v) is 2.67. The van der Waals surface area contributed by atoms with Crippen molar-refractivity contribution in [3.8, 4) is 0 Å². The summed E-state index contributed by atoms with van der Waals surface area (Å²) in [6.45, 7) is 4.34. The number of hydrogen-bond acceptors (Lipinski definition) is 3. The summed E-state index contributed by atoms with van der Waals surface area (Å²) in [5.41, 5.74) is 0. The van der Waals surface area contributed by atoms with Gasteiger partial charge in [0, 0.05) is 26.3 Å². The van der Waals surface area contributed by atoms with Crippen molar-refractivity contribution in [1.29, 1.82) is 0 Å². The third-order valence-electron chi connectivity index (χ3n) is 2.41. The second kappa shape index (κ2) is 6.98. The van der Waals surface area contributed by atoms with Gasteiger partial charge in [-0.2, -0.15) is 0 Å². The average molecular weight is 232 g/mol. The van der Waals surface area contributed by atoms with E-state index in [2.05, 4.69) is 17.6 Å². The fourth-order valence-electron chi connectivity index (χ4n) is 1.63. The first-order chi connectivity index (χ1) is 7.22. The molecule has 1 saturated heterocycles. The summed E-state index contributed by atoms with van der Waals surface area (Å²) in [5, 5.41) is 7.11. The van der Waals surface area contributed by atoms with Crippen LogP contribution in [0.1, 0.15) is 19.8 Å². The Balaban J connectivity index is 2.13. The molecule has 1 fully saturated rings. The molecule has 1 aliphatic heterocycles. The maximum absolute atomic E-state index is 5.46. The minimum atomic E-state index is 0.332. The topological polar surface area (TPSA) is 42.5 Å². The van der Waals surface area contributed by atoms with Gasteiger partial charge in [0.2, 0.25) is 0 Å². The van der Waals surface area contributed by atoms with Gasteiger partial charge in [0.05, 0.1) is 12.7 Å². The summed E-state index contributed by atoms with van der Waals surface area (Å²) in [7, 11) is 1.68. The van der Waals surface area contributed by atoms with Crippen LogP contribution in [-0.2, 0) is 9.47 Å². The van der Waals surface area contributed by atoms with Gasteiger partial charge < -0.3 is 20.1 Å². The number of hydrogen-bond donors (Lipinski definition) is 2. The molecule has 88 valence electrons. The van der Waals surface area contributed by atoms with E-state index in [1.54, 1.807) is 7.11 Å². The Morgan fingerprint density at radius 1 is 1.60 bits per heavy atom. The number of rotatable bonds is 4. The predicted molar refractivity (Wildman–Crippen MR) is 64.0 cm³/mol. The number of methoxy groups -OCH3 is 1. The summed E-state index contributed by atoms with van der Waals surface area (Å²) in [4.78, 5) is 0.